The summed E-state index contributed by atoms with van der Waals surface area (Å²) < 4.78 is 32.8. The standard InChI is InChI=1S/C19H19NO5S/c1-24-17-9-12-19(25-2)15(13-17)6-8-16(21)7-3-14-4-10-18(11-5-14)26(20,22)23/h3-13H,1-2H3,(H2,20,22,23)/b7-3+,8-6+. The second-order valence-corrected chi connectivity index (χ2v) is 6.85. The molecule has 2 N–H and O–H groups in total. The van der Waals surface area contributed by atoms with Crippen molar-refractivity contribution in [3.63, 3.8) is 0 Å². The van der Waals surface area contributed by atoms with Crippen LogP contribution in [0.15, 0.2) is 59.5 Å². The molecule has 0 aliphatic heterocycles. The summed E-state index contributed by atoms with van der Waals surface area (Å²) in [5, 5.41) is 5.04. The molecule has 26 heavy (non-hydrogen) atoms. The van der Waals surface area contributed by atoms with Gasteiger partial charge in [0, 0.05) is 5.56 Å². The number of methoxy groups -OCH3 is 2. The van der Waals surface area contributed by atoms with Gasteiger partial charge < -0.3 is 9.47 Å². The fraction of sp³-hybridized carbons (Fsp3) is 0.105. The van der Waals surface area contributed by atoms with Crippen LogP contribution in [-0.4, -0.2) is 28.4 Å². The van der Waals surface area contributed by atoms with Crippen LogP contribution in [0.5, 0.6) is 11.5 Å². The van der Waals surface area contributed by atoms with Crippen LogP contribution in [0.25, 0.3) is 12.2 Å². The van der Waals surface area contributed by atoms with Crippen LogP contribution in [-0.2, 0) is 14.8 Å². The van der Waals surface area contributed by atoms with E-state index in [-0.39, 0.29) is 10.7 Å². The summed E-state index contributed by atoms with van der Waals surface area (Å²) in [6.45, 7) is 0. The van der Waals surface area contributed by atoms with Crippen molar-refractivity contribution in [2.24, 2.45) is 5.14 Å². The normalized spacial score (nSPS) is 11.8. The summed E-state index contributed by atoms with van der Waals surface area (Å²) in [7, 11) is -0.619. The molecule has 0 fully saturated rings. The number of benzene rings is 2. The second kappa shape index (κ2) is 8.46. The highest BCUT2D eigenvalue weighted by molar-refractivity contribution is 7.89. The minimum atomic E-state index is -3.73. The first-order valence-corrected chi connectivity index (χ1v) is 9.13. The molecule has 0 aliphatic rings. The lowest BCUT2D eigenvalue weighted by Gasteiger charge is -2.06. The molecule has 0 aromatic heterocycles. The molecule has 0 atom stereocenters. The van der Waals surface area contributed by atoms with E-state index in [0.717, 1.165) is 0 Å². The molecule has 0 aliphatic carbocycles. The highest BCUT2D eigenvalue weighted by Gasteiger charge is 2.06. The smallest absolute Gasteiger partial charge is 0.238 e. The molecule has 0 spiro atoms. The maximum Gasteiger partial charge on any atom is 0.238 e. The summed E-state index contributed by atoms with van der Waals surface area (Å²) in [6.07, 6.45) is 6.02. The average molecular weight is 373 g/mol. The molecular formula is C19H19NO5S. The van der Waals surface area contributed by atoms with Crippen molar-refractivity contribution >= 4 is 28.0 Å². The van der Waals surface area contributed by atoms with Crippen LogP contribution in [0.3, 0.4) is 0 Å². The Bertz CT molecular complexity index is 944. The van der Waals surface area contributed by atoms with Crippen LogP contribution >= 0.6 is 0 Å². The van der Waals surface area contributed by atoms with E-state index in [4.69, 9.17) is 14.6 Å². The Morgan fingerprint density at radius 3 is 2.19 bits per heavy atom. The van der Waals surface area contributed by atoms with Crippen molar-refractivity contribution in [3.05, 3.63) is 65.7 Å². The molecule has 0 unspecified atom stereocenters. The van der Waals surface area contributed by atoms with Gasteiger partial charge in [-0.3, -0.25) is 4.79 Å². The Labute approximate surface area is 152 Å². The lowest BCUT2D eigenvalue weighted by Crippen LogP contribution is -2.11. The van der Waals surface area contributed by atoms with Gasteiger partial charge in [-0.15, -0.1) is 0 Å². The fourth-order valence-corrected chi connectivity index (χ4v) is 2.66. The van der Waals surface area contributed by atoms with Crippen molar-refractivity contribution in [1.29, 1.82) is 0 Å². The van der Waals surface area contributed by atoms with Crippen molar-refractivity contribution < 1.29 is 22.7 Å². The molecule has 0 saturated carbocycles. The van der Waals surface area contributed by atoms with Gasteiger partial charge in [-0.1, -0.05) is 18.2 Å². The van der Waals surface area contributed by atoms with Crippen molar-refractivity contribution in [2.45, 2.75) is 4.90 Å². The summed E-state index contributed by atoms with van der Waals surface area (Å²) in [5.41, 5.74) is 1.39. The van der Waals surface area contributed by atoms with Crippen LogP contribution in [0.1, 0.15) is 11.1 Å². The highest BCUT2D eigenvalue weighted by atomic mass is 32.2. The van der Waals surface area contributed by atoms with E-state index in [1.165, 1.54) is 24.3 Å². The topological polar surface area (TPSA) is 95.7 Å². The molecular weight excluding hydrogens is 354 g/mol. The van der Waals surface area contributed by atoms with Gasteiger partial charge in [-0.2, -0.15) is 0 Å². The third-order valence-corrected chi connectivity index (χ3v) is 4.44. The van der Waals surface area contributed by atoms with Crippen LogP contribution in [0.4, 0.5) is 0 Å². The predicted octanol–water partition coefficient (Wildman–Crippen LogP) is 2.65. The van der Waals surface area contributed by atoms with E-state index in [2.05, 4.69) is 0 Å². The molecule has 0 saturated heterocycles. The van der Waals surface area contributed by atoms with Gasteiger partial charge in [0.1, 0.15) is 11.5 Å². The van der Waals surface area contributed by atoms with E-state index in [1.807, 2.05) is 0 Å². The maximum atomic E-state index is 12.0. The average Bonchev–Trinajstić information content (AvgIpc) is 2.64. The SMILES string of the molecule is COc1ccc(OC)c(/C=C/C(=O)/C=C/c2ccc(S(N)(=O)=O)cc2)c1. The molecule has 2 aromatic rings. The lowest BCUT2D eigenvalue weighted by atomic mass is 10.1. The summed E-state index contributed by atoms with van der Waals surface area (Å²) in [5.74, 6) is 1.05. The minimum Gasteiger partial charge on any atom is -0.497 e. The van der Waals surface area contributed by atoms with Crippen LogP contribution < -0.4 is 14.6 Å². The molecule has 0 bridgehead atoms. The number of sulfonamides is 1. The molecule has 2 rings (SSSR count). The van der Waals surface area contributed by atoms with Crippen molar-refractivity contribution in [1.82, 2.24) is 0 Å². The number of rotatable bonds is 7. The summed E-state index contributed by atoms with van der Waals surface area (Å²) >= 11 is 0. The van der Waals surface area contributed by atoms with Gasteiger partial charge in [0.05, 0.1) is 19.1 Å². The number of nitrogens with two attached hydrogens (primary N) is 1. The van der Waals surface area contributed by atoms with Gasteiger partial charge in [0.25, 0.3) is 0 Å². The first kappa shape index (κ1) is 19.4. The number of primary sulfonamides is 1. The number of allylic oxidation sites excluding steroid dienone is 2. The zero-order chi connectivity index (χ0) is 19.2. The van der Waals surface area contributed by atoms with Crippen LogP contribution in [0.2, 0.25) is 0 Å². The largest absolute Gasteiger partial charge is 0.497 e. The van der Waals surface area contributed by atoms with E-state index in [0.29, 0.717) is 22.6 Å². The molecule has 0 radical (unpaired) electrons. The lowest BCUT2D eigenvalue weighted by molar-refractivity contribution is -0.110. The number of carbonyl (C=O) groups excluding carboxylic acids is 1. The summed E-state index contributed by atoms with van der Waals surface area (Å²) in [6, 6.07) is 11.2. The minimum absolute atomic E-state index is 0.0194. The van der Waals surface area contributed by atoms with E-state index < -0.39 is 10.0 Å². The third-order valence-electron chi connectivity index (χ3n) is 3.51. The van der Waals surface area contributed by atoms with Gasteiger partial charge >= 0.3 is 0 Å². The number of hydrogen-bond donors (Lipinski definition) is 1. The first-order valence-electron chi connectivity index (χ1n) is 7.58. The fourth-order valence-electron chi connectivity index (χ4n) is 2.14. The first-order chi connectivity index (χ1) is 12.3. The predicted molar refractivity (Wildman–Crippen MR) is 100 cm³/mol. The Morgan fingerprint density at radius 1 is 0.962 bits per heavy atom. The Morgan fingerprint density at radius 2 is 1.62 bits per heavy atom. The Balaban J connectivity index is 2.11. The molecule has 2 aromatic carbocycles. The number of ketones is 1. The van der Waals surface area contributed by atoms with Gasteiger partial charge in [-0.25, -0.2) is 13.6 Å². The Hall–Kier alpha value is -2.90. The molecule has 136 valence electrons. The monoisotopic (exact) mass is 373 g/mol. The zero-order valence-electron chi connectivity index (χ0n) is 14.4. The molecule has 6 nitrogen and oxygen atoms in total. The van der Waals surface area contributed by atoms with Gasteiger partial charge in [0.2, 0.25) is 10.0 Å². The summed E-state index contributed by atoms with van der Waals surface area (Å²) in [4.78, 5) is 12.0. The van der Waals surface area contributed by atoms with E-state index in [1.54, 1.807) is 56.7 Å². The van der Waals surface area contributed by atoms with Gasteiger partial charge in [-0.05, 0) is 54.1 Å². The zero-order valence-corrected chi connectivity index (χ0v) is 15.2. The number of carbonyl (C=O) groups is 1. The third kappa shape index (κ3) is 5.30. The molecule has 0 heterocycles. The molecule has 0 amide bonds. The second-order valence-electron chi connectivity index (χ2n) is 5.29. The van der Waals surface area contributed by atoms with E-state index in [9.17, 15) is 13.2 Å². The van der Waals surface area contributed by atoms with Crippen molar-refractivity contribution in [2.75, 3.05) is 14.2 Å². The quantitative estimate of drug-likeness (QED) is 0.753. The maximum absolute atomic E-state index is 12.0. The van der Waals surface area contributed by atoms with E-state index >= 15 is 0 Å². The van der Waals surface area contributed by atoms with Crippen molar-refractivity contribution in [3.8, 4) is 11.5 Å². The molecule has 7 heteroatoms. The van der Waals surface area contributed by atoms with Gasteiger partial charge in [0.15, 0.2) is 5.78 Å². The Kier molecular flexibility index (Phi) is 6.32. The number of ether oxygens (including phenoxy) is 2. The van der Waals surface area contributed by atoms with Crippen LogP contribution in [0, 0.1) is 0 Å². The number of hydrogen-bond acceptors (Lipinski definition) is 5. The highest BCUT2D eigenvalue weighted by Crippen LogP contribution is 2.25.